The number of hydrogen-bond donors (Lipinski definition) is 1. The predicted octanol–water partition coefficient (Wildman–Crippen LogP) is 2.06. The van der Waals surface area contributed by atoms with E-state index >= 15 is 0 Å². The number of aliphatic hydroxyl groups excluding tert-OH is 1. The summed E-state index contributed by atoms with van der Waals surface area (Å²) in [4.78, 5) is 0. The highest BCUT2D eigenvalue weighted by Crippen LogP contribution is 2.26. The molecule has 0 aliphatic rings. The van der Waals surface area contributed by atoms with Gasteiger partial charge in [0, 0.05) is 12.6 Å². The predicted molar refractivity (Wildman–Crippen MR) is 71.9 cm³/mol. The first-order chi connectivity index (χ1) is 8.99. The van der Waals surface area contributed by atoms with Crippen molar-refractivity contribution in [2.45, 2.75) is 33.5 Å². The lowest BCUT2D eigenvalue weighted by Gasteiger charge is -2.14. The molecule has 0 radical (unpaired) electrons. The molecule has 0 bridgehead atoms. The second-order valence-electron chi connectivity index (χ2n) is 4.73. The van der Waals surface area contributed by atoms with Gasteiger partial charge in [0.25, 0.3) is 0 Å². The highest BCUT2D eigenvalue weighted by Gasteiger charge is 2.11. The number of ether oxygens (including phenoxy) is 1. The first kappa shape index (κ1) is 13.5. The van der Waals surface area contributed by atoms with E-state index in [1.165, 1.54) is 0 Å². The minimum atomic E-state index is -0.558. The van der Waals surface area contributed by atoms with Gasteiger partial charge in [-0.3, -0.25) is 0 Å². The van der Waals surface area contributed by atoms with Crippen molar-refractivity contribution in [3.05, 3.63) is 41.0 Å². The smallest absolute Gasteiger partial charge is 0.170 e. The summed E-state index contributed by atoms with van der Waals surface area (Å²) >= 11 is 0. The van der Waals surface area contributed by atoms with Crippen LogP contribution < -0.4 is 4.74 Å². The van der Waals surface area contributed by atoms with Gasteiger partial charge in [-0.25, -0.2) is 0 Å². The lowest BCUT2D eigenvalue weighted by Crippen LogP contribution is -2.06. The monoisotopic (exact) mass is 261 g/mol. The van der Waals surface area contributed by atoms with Gasteiger partial charge < -0.3 is 14.4 Å². The van der Waals surface area contributed by atoms with E-state index in [0.717, 1.165) is 22.8 Å². The summed E-state index contributed by atoms with van der Waals surface area (Å²) in [5.41, 5.74) is 1.87. The number of hydrogen-bond acceptors (Lipinski definition) is 4. The summed E-state index contributed by atoms with van der Waals surface area (Å²) in [7, 11) is 1.90. The molecule has 1 aromatic carbocycles. The summed E-state index contributed by atoms with van der Waals surface area (Å²) in [6.45, 7) is 5.94. The zero-order valence-electron chi connectivity index (χ0n) is 11.7. The Kier molecular flexibility index (Phi) is 3.85. The Bertz CT molecular complexity index is 576. The Morgan fingerprint density at radius 3 is 2.63 bits per heavy atom. The van der Waals surface area contributed by atoms with Crippen molar-refractivity contribution in [3.8, 4) is 5.75 Å². The van der Waals surface area contributed by atoms with E-state index in [2.05, 4.69) is 10.2 Å². The fourth-order valence-electron chi connectivity index (χ4n) is 1.83. The van der Waals surface area contributed by atoms with Crippen molar-refractivity contribution < 1.29 is 9.84 Å². The quantitative estimate of drug-likeness (QED) is 0.915. The van der Waals surface area contributed by atoms with E-state index in [4.69, 9.17) is 4.74 Å². The third-order valence-corrected chi connectivity index (χ3v) is 3.16. The van der Waals surface area contributed by atoms with E-state index in [1.54, 1.807) is 6.92 Å². The molecule has 0 amide bonds. The van der Waals surface area contributed by atoms with Crippen LogP contribution in [0.2, 0.25) is 0 Å². The molecule has 1 heterocycles. The average molecular weight is 261 g/mol. The largest absolute Gasteiger partial charge is 0.485 e. The first-order valence-electron chi connectivity index (χ1n) is 6.25. The molecule has 19 heavy (non-hydrogen) atoms. The van der Waals surface area contributed by atoms with E-state index in [-0.39, 0.29) is 0 Å². The van der Waals surface area contributed by atoms with E-state index in [0.29, 0.717) is 12.4 Å². The second-order valence-corrected chi connectivity index (χ2v) is 4.73. The van der Waals surface area contributed by atoms with Crippen LogP contribution in [0.5, 0.6) is 5.75 Å². The summed E-state index contributed by atoms with van der Waals surface area (Å²) in [5, 5.41) is 17.8. The molecule has 2 rings (SSSR count). The molecule has 2 aromatic rings. The zero-order chi connectivity index (χ0) is 14.0. The standard InChI is InChI=1S/C14H19N3O2/c1-9-5-6-12(10(2)18)13(7-9)19-8-14-16-15-11(3)17(14)4/h5-7,10,18H,8H2,1-4H3/t10-/m1/s1. The maximum absolute atomic E-state index is 9.74. The Morgan fingerprint density at radius 1 is 1.32 bits per heavy atom. The van der Waals surface area contributed by atoms with Crippen LogP contribution in [0.1, 0.15) is 35.8 Å². The summed E-state index contributed by atoms with van der Waals surface area (Å²) < 4.78 is 7.66. The zero-order valence-corrected chi connectivity index (χ0v) is 11.7. The number of nitrogens with zero attached hydrogens (tertiary/aromatic N) is 3. The minimum Gasteiger partial charge on any atom is -0.485 e. The van der Waals surface area contributed by atoms with Gasteiger partial charge in [0.15, 0.2) is 5.82 Å². The number of rotatable bonds is 4. The van der Waals surface area contributed by atoms with Gasteiger partial charge in [0.1, 0.15) is 18.2 Å². The molecule has 0 aliphatic heterocycles. The summed E-state index contributed by atoms with van der Waals surface area (Å²) in [5.74, 6) is 2.30. The third-order valence-electron chi connectivity index (χ3n) is 3.16. The highest BCUT2D eigenvalue weighted by atomic mass is 16.5. The molecule has 1 N–H and O–H groups in total. The highest BCUT2D eigenvalue weighted by molar-refractivity contribution is 5.38. The van der Waals surface area contributed by atoms with Crippen molar-refractivity contribution in [3.63, 3.8) is 0 Å². The molecule has 0 saturated heterocycles. The van der Waals surface area contributed by atoms with Crippen LogP contribution in [-0.2, 0) is 13.7 Å². The topological polar surface area (TPSA) is 60.2 Å². The molecular formula is C14H19N3O2. The van der Waals surface area contributed by atoms with Gasteiger partial charge in [-0.05, 0) is 32.4 Å². The molecule has 5 heteroatoms. The van der Waals surface area contributed by atoms with Crippen molar-refractivity contribution in [2.24, 2.45) is 7.05 Å². The van der Waals surface area contributed by atoms with Crippen LogP contribution in [-0.4, -0.2) is 19.9 Å². The molecular weight excluding hydrogens is 242 g/mol. The molecule has 0 fully saturated rings. The Labute approximate surface area is 112 Å². The number of aromatic nitrogens is 3. The normalized spacial score (nSPS) is 12.5. The molecule has 0 aliphatic carbocycles. The number of aliphatic hydroxyl groups is 1. The van der Waals surface area contributed by atoms with Crippen LogP contribution in [0.3, 0.4) is 0 Å². The second kappa shape index (κ2) is 5.40. The van der Waals surface area contributed by atoms with Gasteiger partial charge >= 0.3 is 0 Å². The summed E-state index contributed by atoms with van der Waals surface area (Å²) in [6.07, 6.45) is -0.558. The average Bonchev–Trinajstić information content (AvgIpc) is 2.67. The van der Waals surface area contributed by atoms with Crippen LogP contribution in [0.4, 0.5) is 0 Å². The van der Waals surface area contributed by atoms with Crippen LogP contribution >= 0.6 is 0 Å². The molecule has 1 aromatic heterocycles. The lowest BCUT2D eigenvalue weighted by atomic mass is 10.1. The molecule has 0 saturated carbocycles. The molecule has 1 atom stereocenters. The van der Waals surface area contributed by atoms with E-state index in [9.17, 15) is 5.11 Å². The fourth-order valence-corrected chi connectivity index (χ4v) is 1.83. The van der Waals surface area contributed by atoms with Crippen LogP contribution in [0, 0.1) is 13.8 Å². The molecule has 0 unspecified atom stereocenters. The van der Waals surface area contributed by atoms with Gasteiger partial charge in [0.2, 0.25) is 0 Å². The van der Waals surface area contributed by atoms with Crippen LogP contribution in [0.25, 0.3) is 0 Å². The molecule has 0 spiro atoms. The summed E-state index contributed by atoms with van der Waals surface area (Å²) in [6, 6.07) is 5.77. The van der Waals surface area contributed by atoms with Crippen LogP contribution in [0.15, 0.2) is 18.2 Å². The Balaban J connectivity index is 2.19. The third kappa shape index (κ3) is 2.93. The van der Waals surface area contributed by atoms with Crippen molar-refractivity contribution in [2.75, 3.05) is 0 Å². The maximum Gasteiger partial charge on any atom is 0.170 e. The number of benzene rings is 1. The Morgan fingerprint density at radius 2 is 2.05 bits per heavy atom. The lowest BCUT2D eigenvalue weighted by molar-refractivity contribution is 0.189. The van der Waals surface area contributed by atoms with Gasteiger partial charge in [-0.15, -0.1) is 10.2 Å². The first-order valence-corrected chi connectivity index (χ1v) is 6.25. The maximum atomic E-state index is 9.74. The van der Waals surface area contributed by atoms with Crippen molar-refractivity contribution >= 4 is 0 Å². The Hall–Kier alpha value is -1.88. The minimum absolute atomic E-state index is 0.334. The van der Waals surface area contributed by atoms with E-state index < -0.39 is 6.10 Å². The molecule has 102 valence electrons. The van der Waals surface area contributed by atoms with Gasteiger partial charge in [0.05, 0.1) is 6.10 Å². The molecule has 5 nitrogen and oxygen atoms in total. The number of aryl methyl sites for hydroxylation is 2. The van der Waals surface area contributed by atoms with E-state index in [1.807, 2.05) is 43.7 Å². The fraction of sp³-hybridized carbons (Fsp3) is 0.429. The SMILES string of the molecule is Cc1ccc([C@@H](C)O)c(OCc2nnc(C)n2C)c1. The van der Waals surface area contributed by atoms with Crippen molar-refractivity contribution in [1.29, 1.82) is 0 Å². The van der Waals surface area contributed by atoms with Gasteiger partial charge in [-0.1, -0.05) is 12.1 Å². The van der Waals surface area contributed by atoms with Crippen molar-refractivity contribution in [1.82, 2.24) is 14.8 Å². The van der Waals surface area contributed by atoms with Gasteiger partial charge in [-0.2, -0.15) is 0 Å².